The fourth-order valence-corrected chi connectivity index (χ4v) is 2.70. The van der Waals surface area contributed by atoms with Crippen molar-refractivity contribution in [3.63, 3.8) is 0 Å². The van der Waals surface area contributed by atoms with Crippen LogP contribution in [0.5, 0.6) is 0 Å². The van der Waals surface area contributed by atoms with Crippen LogP contribution in [-0.2, 0) is 4.74 Å². The molecule has 1 fully saturated rings. The van der Waals surface area contributed by atoms with Gasteiger partial charge in [-0.05, 0) is 30.3 Å². The van der Waals surface area contributed by atoms with Gasteiger partial charge in [0.2, 0.25) is 0 Å². The molecular formula is C18H16FNO4. The van der Waals surface area contributed by atoms with E-state index in [1.54, 1.807) is 23.1 Å². The standard InChI is InChI=1S/C18H16FNO4/c19-15-4-2-1-3-14(15)16-11-20(9-10-24-16)17(21)12-5-7-13(8-6-12)18(22)23/h1-8,16H,9-11H2,(H,22,23)/t16-/m1/s1. The Bertz CT molecular complexity index is 760. The molecule has 0 radical (unpaired) electrons. The van der Waals surface area contributed by atoms with Gasteiger partial charge in [0, 0.05) is 17.7 Å². The number of aromatic carboxylic acids is 1. The van der Waals surface area contributed by atoms with Gasteiger partial charge in [-0.3, -0.25) is 4.79 Å². The largest absolute Gasteiger partial charge is 0.478 e. The summed E-state index contributed by atoms with van der Waals surface area (Å²) >= 11 is 0. The lowest BCUT2D eigenvalue weighted by Crippen LogP contribution is -2.42. The second kappa shape index (κ2) is 6.80. The van der Waals surface area contributed by atoms with Crippen molar-refractivity contribution in [1.82, 2.24) is 4.90 Å². The number of halogens is 1. The molecule has 0 aliphatic carbocycles. The molecule has 2 aromatic carbocycles. The molecule has 124 valence electrons. The maximum atomic E-state index is 13.9. The Morgan fingerprint density at radius 2 is 1.75 bits per heavy atom. The highest BCUT2D eigenvalue weighted by Gasteiger charge is 2.27. The van der Waals surface area contributed by atoms with E-state index in [1.165, 1.54) is 30.3 Å². The molecule has 0 saturated carbocycles. The lowest BCUT2D eigenvalue weighted by atomic mass is 10.1. The minimum absolute atomic E-state index is 0.123. The van der Waals surface area contributed by atoms with Crippen molar-refractivity contribution in [2.24, 2.45) is 0 Å². The fraction of sp³-hybridized carbons (Fsp3) is 0.222. The molecule has 1 aliphatic rings. The summed E-state index contributed by atoms with van der Waals surface area (Å²) in [6.45, 7) is 0.975. The monoisotopic (exact) mass is 329 g/mol. The molecular weight excluding hydrogens is 313 g/mol. The van der Waals surface area contributed by atoms with Crippen molar-refractivity contribution < 1.29 is 23.8 Å². The van der Waals surface area contributed by atoms with Crippen LogP contribution in [0.2, 0.25) is 0 Å². The molecule has 1 atom stereocenters. The molecule has 1 aliphatic heterocycles. The van der Waals surface area contributed by atoms with Gasteiger partial charge in [-0.1, -0.05) is 18.2 Å². The van der Waals surface area contributed by atoms with Crippen LogP contribution in [0.1, 0.15) is 32.4 Å². The van der Waals surface area contributed by atoms with E-state index < -0.39 is 12.1 Å². The van der Waals surface area contributed by atoms with E-state index in [4.69, 9.17) is 9.84 Å². The maximum Gasteiger partial charge on any atom is 0.335 e. The lowest BCUT2D eigenvalue weighted by molar-refractivity contribution is -0.0243. The summed E-state index contributed by atoms with van der Waals surface area (Å²) in [4.78, 5) is 25.0. The summed E-state index contributed by atoms with van der Waals surface area (Å²) in [6, 6.07) is 12.1. The van der Waals surface area contributed by atoms with Crippen LogP contribution in [0, 0.1) is 5.82 Å². The average Bonchev–Trinajstić information content (AvgIpc) is 2.61. The number of hydrogen-bond donors (Lipinski definition) is 1. The average molecular weight is 329 g/mol. The van der Waals surface area contributed by atoms with Crippen LogP contribution in [0.4, 0.5) is 4.39 Å². The predicted molar refractivity (Wildman–Crippen MR) is 84.4 cm³/mol. The van der Waals surface area contributed by atoms with E-state index in [0.717, 1.165) is 0 Å². The second-order valence-corrected chi connectivity index (χ2v) is 5.51. The minimum Gasteiger partial charge on any atom is -0.478 e. The fourth-order valence-electron chi connectivity index (χ4n) is 2.70. The van der Waals surface area contributed by atoms with Crippen LogP contribution in [-0.4, -0.2) is 41.6 Å². The summed E-state index contributed by atoms with van der Waals surface area (Å²) in [6.07, 6.45) is -0.512. The first-order chi connectivity index (χ1) is 11.6. The molecule has 0 spiro atoms. The SMILES string of the molecule is O=C(O)c1ccc(C(=O)N2CCO[C@@H](c3ccccc3F)C2)cc1. The highest BCUT2D eigenvalue weighted by Crippen LogP contribution is 2.25. The number of ether oxygens (including phenoxy) is 1. The van der Waals surface area contributed by atoms with Crippen LogP contribution in [0.25, 0.3) is 0 Å². The van der Waals surface area contributed by atoms with Crippen molar-refractivity contribution in [2.45, 2.75) is 6.10 Å². The zero-order valence-electron chi connectivity index (χ0n) is 12.8. The Morgan fingerprint density at radius 3 is 2.42 bits per heavy atom. The lowest BCUT2D eigenvalue weighted by Gasteiger charge is -2.33. The van der Waals surface area contributed by atoms with Crippen LogP contribution >= 0.6 is 0 Å². The Labute approximate surface area is 138 Å². The molecule has 1 heterocycles. The van der Waals surface area contributed by atoms with Gasteiger partial charge in [0.1, 0.15) is 11.9 Å². The zero-order chi connectivity index (χ0) is 17.1. The van der Waals surface area contributed by atoms with E-state index in [0.29, 0.717) is 24.3 Å². The summed E-state index contributed by atoms with van der Waals surface area (Å²) < 4.78 is 19.5. The van der Waals surface area contributed by atoms with Gasteiger partial charge in [-0.15, -0.1) is 0 Å². The molecule has 1 N–H and O–H groups in total. The zero-order valence-corrected chi connectivity index (χ0v) is 12.8. The highest BCUT2D eigenvalue weighted by molar-refractivity contribution is 5.96. The molecule has 6 heteroatoms. The van der Waals surface area contributed by atoms with Crippen molar-refractivity contribution in [3.8, 4) is 0 Å². The molecule has 3 rings (SSSR count). The molecule has 0 bridgehead atoms. The minimum atomic E-state index is -1.04. The molecule has 2 aromatic rings. The van der Waals surface area contributed by atoms with Gasteiger partial charge in [0.15, 0.2) is 0 Å². The molecule has 0 unspecified atom stereocenters. The van der Waals surface area contributed by atoms with E-state index in [2.05, 4.69) is 0 Å². The van der Waals surface area contributed by atoms with E-state index in [9.17, 15) is 14.0 Å². The Balaban J connectivity index is 1.75. The van der Waals surface area contributed by atoms with E-state index in [1.807, 2.05) is 0 Å². The second-order valence-electron chi connectivity index (χ2n) is 5.51. The van der Waals surface area contributed by atoms with Gasteiger partial charge in [-0.2, -0.15) is 0 Å². The van der Waals surface area contributed by atoms with Crippen LogP contribution < -0.4 is 0 Å². The number of carboxylic acids is 1. The van der Waals surface area contributed by atoms with Crippen molar-refractivity contribution in [2.75, 3.05) is 19.7 Å². The number of carbonyl (C=O) groups is 2. The third-order valence-electron chi connectivity index (χ3n) is 3.98. The summed E-state index contributed by atoms with van der Waals surface area (Å²) in [5.41, 5.74) is 0.947. The number of carboxylic acid groups (broad SMARTS) is 1. The smallest absolute Gasteiger partial charge is 0.335 e. The van der Waals surface area contributed by atoms with Crippen molar-refractivity contribution in [1.29, 1.82) is 0 Å². The number of benzene rings is 2. The highest BCUT2D eigenvalue weighted by atomic mass is 19.1. The summed E-state index contributed by atoms with van der Waals surface area (Å²) in [7, 11) is 0. The molecule has 1 amide bonds. The molecule has 5 nitrogen and oxygen atoms in total. The van der Waals surface area contributed by atoms with E-state index in [-0.39, 0.29) is 23.8 Å². The third-order valence-corrected chi connectivity index (χ3v) is 3.98. The normalized spacial score (nSPS) is 17.5. The first kappa shape index (κ1) is 16.1. The Kier molecular flexibility index (Phi) is 4.57. The summed E-state index contributed by atoms with van der Waals surface area (Å²) in [5, 5.41) is 8.90. The number of amides is 1. The third kappa shape index (κ3) is 3.28. The molecule has 0 aromatic heterocycles. The predicted octanol–water partition coefficient (Wildman–Crippen LogP) is 2.74. The number of rotatable bonds is 3. The Hall–Kier alpha value is -2.73. The first-order valence-corrected chi connectivity index (χ1v) is 7.55. The molecule has 1 saturated heterocycles. The first-order valence-electron chi connectivity index (χ1n) is 7.55. The number of morpholine rings is 1. The van der Waals surface area contributed by atoms with Crippen molar-refractivity contribution in [3.05, 3.63) is 71.0 Å². The van der Waals surface area contributed by atoms with Gasteiger partial charge in [0.25, 0.3) is 5.91 Å². The van der Waals surface area contributed by atoms with Crippen LogP contribution in [0.3, 0.4) is 0 Å². The summed E-state index contributed by atoms with van der Waals surface area (Å²) in [5.74, 6) is -1.63. The topological polar surface area (TPSA) is 66.8 Å². The van der Waals surface area contributed by atoms with Crippen LogP contribution in [0.15, 0.2) is 48.5 Å². The van der Waals surface area contributed by atoms with Crippen molar-refractivity contribution >= 4 is 11.9 Å². The van der Waals surface area contributed by atoms with Gasteiger partial charge in [0.05, 0.1) is 18.7 Å². The number of hydrogen-bond acceptors (Lipinski definition) is 3. The van der Waals surface area contributed by atoms with Gasteiger partial charge >= 0.3 is 5.97 Å². The molecule has 24 heavy (non-hydrogen) atoms. The van der Waals surface area contributed by atoms with Gasteiger partial charge < -0.3 is 14.7 Å². The quantitative estimate of drug-likeness (QED) is 0.940. The number of nitrogens with zero attached hydrogens (tertiary/aromatic N) is 1. The van der Waals surface area contributed by atoms with Gasteiger partial charge in [-0.25, -0.2) is 9.18 Å². The number of carbonyl (C=O) groups excluding carboxylic acids is 1. The van der Waals surface area contributed by atoms with E-state index >= 15 is 0 Å². The maximum absolute atomic E-state index is 13.9. The Morgan fingerprint density at radius 1 is 1.08 bits per heavy atom.